The van der Waals surface area contributed by atoms with Gasteiger partial charge in [0.1, 0.15) is 5.82 Å². The summed E-state index contributed by atoms with van der Waals surface area (Å²) >= 11 is 0. The molecule has 0 N–H and O–H groups in total. The van der Waals surface area contributed by atoms with E-state index in [-0.39, 0.29) is 6.42 Å². The highest BCUT2D eigenvalue weighted by Gasteiger charge is 2.34. The van der Waals surface area contributed by atoms with E-state index in [1.807, 2.05) is 12.1 Å². The number of alkyl halides is 3. The highest BCUT2D eigenvalue weighted by Crippen LogP contribution is 2.31. The van der Waals surface area contributed by atoms with Crippen LogP contribution >= 0.6 is 0 Å². The molecule has 0 saturated carbocycles. The summed E-state index contributed by atoms with van der Waals surface area (Å²) in [5, 5.41) is 18.8. The molecule has 0 spiro atoms. The maximum absolute atomic E-state index is 13.0. The second kappa shape index (κ2) is 6.10. The van der Waals surface area contributed by atoms with Gasteiger partial charge in [-0.25, -0.2) is 4.39 Å². The Labute approximate surface area is 130 Å². The molecule has 0 bridgehead atoms. The Bertz CT molecular complexity index is 749. The minimum Gasteiger partial charge on any atom is -0.207 e. The van der Waals surface area contributed by atoms with Gasteiger partial charge in [0.25, 0.3) is 0 Å². The second-order valence-corrected chi connectivity index (χ2v) is 5.01. The quantitative estimate of drug-likeness (QED) is 0.789. The lowest BCUT2D eigenvalue weighted by atomic mass is 9.78. The molecule has 0 unspecified atom stereocenters. The molecule has 6 heteroatoms. The van der Waals surface area contributed by atoms with Crippen LogP contribution in [0, 0.1) is 28.5 Å². The first kappa shape index (κ1) is 16.5. The summed E-state index contributed by atoms with van der Waals surface area (Å²) < 4.78 is 50.7. The lowest BCUT2D eigenvalue weighted by molar-refractivity contribution is -0.137. The monoisotopic (exact) mass is 318 g/mol. The third-order valence-corrected chi connectivity index (χ3v) is 3.47. The molecular weight excluding hydrogens is 308 g/mol. The Morgan fingerprint density at radius 2 is 1.26 bits per heavy atom. The van der Waals surface area contributed by atoms with E-state index in [4.69, 9.17) is 0 Å². The molecule has 0 saturated heterocycles. The van der Waals surface area contributed by atoms with Gasteiger partial charge in [0.2, 0.25) is 0 Å². The number of hydrogen-bond donors (Lipinski definition) is 0. The summed E-state index contributed by atoms with van der Waals surface area (Å²) in [4.78, 5) is 0. The molecule has 0 aliphatic carbocycles. The molecule has 116 valence electrons. The molecular formula is C17H10F4N2. The van der Waals surface area contributed by atoms with Crippen LogP contribution in [0.3, 0.4) is 0 Å². The zero-order chi connectivity index (χ0) is 17.1. The van der Waals surface area contributed by atoms with E-state index < -0.39 is 23.0 Å². The van der Waals surface area contributed by atoms with E-state index in [2.05, 4.69) is 0 Å². The van der Waals surface area contributed by atoms with Gasteiger partial charge in [0.05, 0.1) is 17.7 Å². The smallest absolute Gasteiger partial charge is 0.207 e. The number of nitriles is 2. The largest absolute Gasteiger partial charge is 0.416 e. The molecule has 2 rings (SSSR count). The molecule has 0 aliphatic heterocycles. The molecule has 0 fully saturated rings. The molecule has 0 atom stereocenters. The average molecular weight is 318 g/mol. The van der Waals surface area contributed by atoms with Crippen LogP contribution in [0.5, 0.6) is 0 Å². The Kier molecular flexibility index (Phi) is 4.38. The van der Waals surface area contributed by atoms with Crippen molar-refractivity contribution < 1.29 is 17.6 Å². The van der Waals surface area contributed by atoms with Gasteiger partial charge in [-0.2, -0.15) is 23.7 Å². The van der Waals surface area contributed by atoms with E-state index in [9.17, 15) is 28.1 Å². The van der Waals surface area contributed by atoms with Crippen molar-refractivity contribution in [1.29, 1.82) is 10.5 Å². The van der Waals surface area contributed by atoms with Gasteiger partial charge < -0.3 is 0 Å². The fourth-order valence-electron chi connectivity index (χ4n) is 2.19. The summed E-state index contributed by atoms with van der Waals surface area (Å²) in [5.41, 5.74) is -1.69. The van der Waals surface area contributed by atoms with Crippen molar-refractivity contribution in [3.8, 4) is 12.1 Å². The highest BCUT2D eigenvalue weighted by molar-refractivity contribution is 5.43. The number of nitrogens with zero attached hydrogens (tertiary/aromatic N) is 2. The molecule has 23 heavy (non-hydrogen) atoms. The van der Waals surface area contributed by atoms with Crippen molar-refractivity contribution in [2.45, 2.75) is 18.0 Å². The van der Waals surface area contributed by atoms with E-state index in [0.717, 1.165) is 24.3 Å². The summed E-state index contributed by atoms with van der Waals surface area (Å²) in [6, 6.07) is 13.0. The molecule has 0 aromatic heterocycles. The SMILES string of the molecule is N#CC(C#N)(Cc1ccc(C(F)(F)F)cc1)c1ccc(F)cc1. The van der Waals surface area contributed by atoms with Crippen LogP contribution in [0.15, 0.2) is 48.5 Å². The first-order chi connectivity index (χ1) is 10.8. The number of rotatable bonds is 3. The van der Waals surface area contributed by atoms with Crippen LogP contribution in [0.1, 0.15) is 16.7 Å². The third kappa shape index (κ3) is 3.49. The summed E-state index contributed by atoms with van der Waals surface area (Å²) in [7, 11) is 0. The Hall–Kier alpha value is -2.86. The fraction of sp³-hybridized carbons (Fsp3) is 0.176. The topological polar surface area (TPSA) is 47.6 Å². The molecule has 0 radical (unpaired) electrons. The van der Waals surface area contributed by atoms with Crippen molar-refractivity contribution >= 4 is 0 Å². The standard InChI is InChI=1S/C17H10F4N2/c18-15-7-5-13(6-8-15)16(10-22,11-23)9-12-1-3-14(4-2-12)17(19,20)21/h1-8H,9H2. The summed E-state index contributed by atoms with van der Waals surface area (Å²) in [6.07, 6.45) is -4.54. The molecule has 2 nitrogen and oxygen atoms in total. The van der Waals surface area contributed by atoms with Crippen molar-refractivity contribution in [1.82, 2.24) is 0 Å². The Morgan fingerprint density at radius 1 is 0.783 bits per heavy atom. The predicted octanol–water partition coefficient (Wildman–Crippen LogP) is 4.37. The van der Waals surface area contributed by atoms with Crippen LogP contribution < -0.4 is 0 Å². The molecule has 2 aromatic rings. The van der Waals surface area contributed by atoms with E-state index in [0.29, 0.717) is 11.1 Å². The lowest BCUT2D eigenvalue weighted by Crippen LogP contribution is -2.25. The number of halogens is 4. The third-order valence-electron chi connectivity index (χ3n) is 3.47. The van der Waals surface area contributed by atoms with Crippen molar-refractivity contribution in [3.63, 3.8) is 0 Å². The zero-order valence-corrected chi connectivity index (χ0v) is 11.7. The highest BCUT2D eigenvalue weighted by atomic mass is 19.4. The zero-order valence-electron chi connectivity index (χ0n) is 11.7. The maximum Gasteiger partial charge on any atom is 0.416 e. The molecule has 0 heterocycles. The van der Waals surface area contributed by atoms with Crippen molar-refractivity contribution in [3.05, 3.63) is 71.0 Å². The van der Waals surface area contributed by atoms with Gasteiger partial charge in [-0.05, 0) is 35.4 Å². The van der Waals surface area contributed by atoms with Crippen molar-refractivity contribution in [2.24, 2.45) is 0 Å². The van der Waals surface area contributed by atoms with Crippen LogP contribution in [0.4, 0.5) is 17.6 Å². The van der Waals surface area contributed by atoms with Crippen molar-refractivity contribution in [2.75, 3.05) is 0 Å². The Morgan fingerprint density at radius 3 is 1.70 bits per heavy atom. The maximum atomic E-state index is 13.0. The average Bonchev–Trinajstić information content (AvgIpc) is 2.53. The second-order valence-electron chi connectivity index (χ2n) is 5.01. The minimum atomic E-state index is -4.45. The van der Waals surface area contributed by atoms with Gasteiger partial charge in [-0.15, -0.1) is 0 Å². The lowest BCUT2D eigenvalue weighted by Gasteiger charge is -2.19. The van der Waals surface area contributed by atoms with Crippen LogP contribution in [-0.2, 0) is 18.0 Å². The molecule has 0 aliphatic rings. The van der Waals surface area contributed by atoms with E-state index in [1.165, 1.54) is 24.3 Å². The molecule has 2 aromatic carbocycles. The predicted molar refractivity (Wildman–Crippen MR) is 74.5 cm³/mol. The van der Waals surface area contributed by atoms with Crippen LogP contribution in [0.25, 0.3) is 0 Å². The number of benzene rings is 2. The van der Waals surface area contributed by atoms with Gasteiger partial charge in [0.15, 0.2) is 5.41 Å². The fourth-order valence-corrected chi connectivity index (χ4v) is 2.19. The normalized spacial score (nSPS) is 11.6. The Balaban J connectivity index is 2.36. The van der Waals surface area contributed by atoms with Crippen LogP contribution in [0.2, 0.25) is 0 Å². The molecule has 0 amide bonds. The number of hydrogen-bond acceptors (Lipinski definition) is 2. The minimum absolute atomic E-state index is 0.0935. The van der Waals surface area contributed by atoms with Gasteiger partial charge in [0, 0.05) is 6.42 Å². The summed E-state index contributed by atoms with van der Waals surface area (Å²) in [5.74, 6) is -0.506. The first-order valence-corrected chi connectivity index (χ1v) is 6.55. The van der Waals surface area contributed by atoms with Gasteiger partial charge >= 0.3 is 6.18 Å². The first-order valence-electron chi connectivity index (χ1n) is 6.55. The summed E-state index contributed by atoms with van der Waals surface area (Å²) in [6.45, 7) is 0. The van der Waals surface area contributed by atoms with Crippen LogP contribution in [-0.4, -0.2) is 0 Å². The van der Waals surface area contributed by atoms with E-state index >= 15 is 0 Å². The van der Waals surface area contributed by atoms with Gasteiger partial charge in [-0.3, -0.25) is 0 Å². The van der Waals surface area contributed by atoms with E-state index in [1.54, 1.807) is 0 Å². The van der Waals surface area contributed by atoms with Gasteiger partial charge in [-0.1, -0.05) is 24.3 Å².